The van der Waals surface area contributed by atoms with E-state index < -0.39 is 5.97 Å². The molecule has 0 radical (unpaired) electrons. The monoisotopic (exact) mass is 459 g/mol. The Morgan fingerprint density at radius 1 is 0.886 bits per heavy atom. The van der Waals surface area contributed by atoms with Crippen molar-refractivity contribution < 1.29 is 13.9 Å². The maximum atomic E-state index is 13.4. The lowest BCUT2D eigenvalue weighted by Gasteiger charge is -2.11. The molecule has 0 atom stereocenters. The molecule has 6 rings (SSSR count). The van der Waals surface area contributed by atoms with E-state index in [1.54, 1.807) is 0 Å². The third-order valence-corrected chi connectivity index (χ3v) is 6.10. The first-order valence-corrected chi connectivity index (χ1v) is 11.5. The first-order valence-electron chi connectivity index (χ1n) is 11.5. The number of para-hydroxylation sites is 1. The molecular formula is C29H21N3O3. The van der Waals surface area contributed by atoms with Gasteiger partial charge in [-0.25, -0.2) is 9.78 Å². The molecule has 3 aromatic carbocycles. The van der Waals surface area contributed by atoms with Crippen LogP contribution in [0.2, 0.25) is 0 Å². The van der Waals surface area contributed by atoms with Crippen LogP contribution in [0.3, 0.4) is 0 Å². The van der Waals surface area contributed by atoms with Crippen LogP contribution < -0.4 is 0 Å². The van der Waals surface area contributed by atoms with Gasteiger partial charge >= 0.3 is 5.97 Å². The molecule has 0 unspecified atom stereocenters. The summed E-state index contributed by atoms with van der Waals surface area (Å²) in [5.41, 5.74) is 6.16. The Morgan fingerprint density at radius 2 is 1.63 bits per heavy atom. The zero-order valence-electron chi connectivity index (χ0n) is 18.8. The van der Waals surface area contributed by atoms with Gasteiger partial charge in [-0.1, -0.05) is 66.7 Å². The van der Waals surface area contributed by atoms with Crippen LogP contribution in [-0.4, -0.2) is 21.2 Å². The average Bonchev–Trinajstić information content (AvgIpc) is 3.54. The van der Waals surface area contributed by atoms with E-state index >= 15 is 0 Å². The molecule has 1 aliphatic rings. The van der Waals surface area contributed by atoms with Crippen molar-refractivity contribution >= 4 is 28.5 Å². The van der Waals surface area contributed by atoms with Gasteiger partial charge in [0, 0.05) is 10.9 Å². The van der Waals surface area contributed by atoms with Gasteiger partial charge in [0.1, 0.15) is 0 Å². The van der Waals surface area contributed by atoms with Crippen molar-refractivity contribution in [1.82, 2.24) is 15.2 Å². The van der Waals surface area contributed by atoms with Crippen LogP contribution in [0, 0.1) is 0 Å². The van der Waals surface area contributed by atoms with Gasteiger partial charge in [0.25, 0.3) is 5.89 Å². The number of carbonyl (C=O) groups is 1. The molecule has 0 N–H and O–H groups in total. The second kappa shape index (κ2) is 8.99. The molecule has 2 heterocycles. The lowest BCUT2D eigenvalue weighted by molar-refractivity contribution is 0.0440. The SMILES string of the molecule is O=C(OCc1nnc(-c2ccccc2)o1)c1c2c(nc3ccccc13)/C(=C/c1ccccc1)CC2. The van der Waals surface area contributed by atoms with E-state index in [1.165, 1.54) is 0 Å². The normalized spacial score (nSPS) is 13.8. The topological polar surface area (TPSA) is 78.1 Å². The smallest absolute Gasteiger partial charge is 0.339 e. The van der Waals surface area contributed by atoms with Crippen molar-refractivity contribution in [3.8, 4) is 11.5 Å². The van der Waals surface area contributed by atoms with Crippen molar-refractivity contribution in [3.63, 3.8) is 0 Å². The number of nitrogens with zero attached hydrogens (tertiary/aromatic N) is 3. The number of rotatable bonds is 5. The number of benzene rings is 3. The van der Waals surface area contributed by atoms with Crippen molar-refractivity contribution in [3.05, 3.63) is 113 Å². The summed E-state index contributed by atoms with van der Waals surface area (Å²) in [5, 5.41) is 8.89. The molecule has 1 aliphatic carbocycles. The molecule has 0 saturated heterocycles. The van der Waals surface area contributed by atoms with Crippen LogP contribution in [0.4, 0.5) is 0 Å². The second-order valence-electron chi connectivity index (χ2n) is 8.35. The average molecular weight is 460 g/mol. The third kappa shape index (κ3) is 4.10. The Kier molecular flexibility index (Phi) is 5.39. The van der Waals surface area contributed by atoms with Crippen LogP contribution in [0.1, 0.15) is 39.5 Å². The predicted octanol–water partition coefficient (Wildman–Crippen LogP) is 6.13. The van der Waals surface area contributed by atoms with Crippen LogP contribution >= 0.6 is 0 Å². The van der Waals surface area contributed by atoms with Gasteiger partial charge in [0.2, 0.25) is 5.89 Å². The fraction of sp³-hybridized carbons (Fsp3) is 0.103. The molecule has 0 aliphatic heterocycles. The van der Waals surface area contributed by atoms with Crippen LogP contribution in [0.25, 0.3) is 34.0 Å². The van der Waals surface area contributed by atoms with Gasteiger partial charge in [0.05, 0.1) is 16.8 Å². The number of pyridine rings is 1. The summed E-state index contributed by atoms with van der Waals surface area (Å²) in [6.45, 7) is -0.100. The van der Waals surface area contributed by atoms with E-state index in [4.69, 9.17) is 14.1 Å². The fourth-order valence-electron chi connectivity index (χ4n) is 4.47. The third-order valence-electron chi connectivity index (χ3n) is 6.10. The Balaban J connectivity index is 1.32. The molecule has 0 saturated carbocycles. The van der Waals surface area contributed by atoms with E-state index in [2.05, 4.69) is 28.4 Å². The summed E-state index contributed by atoms with van der Waals surface area (Å²) >= 11 is 0. The summed E-state index contributed by atoms with van der Waals surface area (Å²) in [7, 11) is 0. The maximum absolute atomic E-state index is 13.4. The first-order chi connectivity index (χ1) is 17.3. The number of aromatic nitrogens is 3. The van der Waals surface area contributed by atoms with E-state index in [1.807, 2.05) is 72.8 Å². The molecule has 0 fully saturated rings. The lowest BCUT2D eigenvalue weighted by Crippen LogP contribution is -2.10. The van der Waals surface area contributed by atoms with Gasteiger partial charge in [-0.05, 0) is 53.8 Å². The van der Waals surface area contributed by atoms with Crippen molar-refractivity contribution in [2.45, 2.75) is 19.4 Å². The molecule has 35 heavy (non-hydrogen) atoms. The van der Waals surface area contributed by atoms with Gasteiger partial charge in [0.15, 0.2) is 6.61 Å². The minimum absolute atomic E-state index is 0.100. The molecule has 0 bridgehead atoms. The molecule has 6 nitrogen and oxygen atoms in total. The van der Waals surface area contributed by atoms with Gasteiger partial charge in [-0.15, -0.1) is 10.2 Å². The van der Waals surface area contributed by atoms with Gasteiger partial charge in [-0.3, -0.25) is 0 Å². The quantitative estimate of drug-likeness (QED) is 0.294. The zero-order chi connectivity index (χ0) is 23.6. The second-order valence-corrected chi connectivity index (χ2v) is 8.35. The maximum Gasteiger partial charge on any atom is 0.339 e. The number of fused-ring (bicyclic) bond motifs is 2. The number of hydrogen-bond acceptors (Lipinski definition) is 6. The number of ether oxygens (including phenoxy) is 1. The van der Waals surface area contributed by atoms with Crippen LogP contribution in [0.15, 0.2) is 89.3 Å². The standard InChI is InChI=1S/C29H21N3O3/c33-29(34-18-25-31-32-28(35-25)20-11-5-2-6-12-20)26-22-13-7-8-14-24(22)30-27-21(15-16-23(26)27)17-19-9-3-1-4-10-19/h1-14,17H,15-16,18H2/b21-17+. The van der Waals surface area contributed by atoms with Crippen molar-refractivity contribution in [2.24, 2.45) is 0 Å². The van der Waals surface area contributed by atoms with E-state index in [-0.39, 0.29) is 12.5 Å². The van der Waals surface area contributed by atoms with Crippen molar-refractivity contribution in [1.29, 1.82) is 0 Å². The first kappa shape index (κ1) is 21.0. The Hall–Kier alpha value is -4.58. The van der Waals surface area contributed by atoms with Crippen LogP contribution in [-0.2, 0) is 17.8 Å². The number of hydrogen-bond donors (Lipinski definition) is 0. The van der Waals surface area contributed by atoms with E-state index in [0.717, 1.165) is 51.7 Å². The van der Waals surface area contributed by atoms with Crippen molar-refractivity contribution in [2.75, 3.05) is 0 Å². The fourth-order valence-corrected chi connectivity index (χ4v) is 4.47. The highest BCUT2D eigenvalue weighted by molar-refractivity contribution is 6.07. The highest BCUT2D eigenvalue weighted by Crippen LogP contribution is 2.37. The molecule has 0 amide bonds. The Labute approximate surface area is 201 Å². The number of allylic oxidation sites excluding steroid dienone is 1. The number of carbonyl (C=O) groups excluding carboxylic acids is 1. The Bertz CT molecular complexity index is 1560. The summed E-state index contributed by atoms with van der Waals surface area (Å²) in [6, 6.07) is 27.3. The number of esters is 1. The van der Waals surface area contributed by atoms with Crippen LogP contribution in [0.5, 0.6) is 0 Å². The molecule has 6 heteroatoms. The molecule has 2 aromatic heterocycles. The van der Waals surface area contributed by atoms with E-state index in [0.29, 0.717) is 11.5 Å². The van der Waals surface area contributed by atoms with Gasteiger partial charge < -0.3 is 9.15 Å². The minimum atomic E-state index is -0.416. The molecule has 170 valence electrons. The highest BCUT2D eigenvalue weighted by Gasteiger charge is 2.28. The largest absolute Gasteiger partial charge is 0.452 e. The highest BCUT2D eigenvalue weighted by atomic mass is 16.5. The zero-order valence-corrected chi connectivity index (χ0v) is 18.8. The molecule has 5 aromatic rings. The molecular weight excluding hydrogens is 438 g/mol. The summed E-state index contributed by atoms with van der Waals surface area (Å²) < 4.78 is 11.4. The summed E-state index contributed by atoms with van der Waals surface area (Å²) in [5.74, 6) is 0.222. The molecule has 0 spiro atoms. The summed E-state index contributed by atoms with van der Waals surface area (Å²) in [4.78, 5) is 18.3. The van der Waals surface area contributed by atoms with Gasteiger partial charge in [-0.2, -0.15) is 0 Å². The summed E-state index contributed by atoms with van der Waals surface area (Å²) in [6.07, 6.45) is 3.69. The lowest BCUT2D eigenvalue weighted by atomic mass is 10.0. The predicted molar refractivity (Wildman–Crippen MR) is 133 cm³/mol. The minimum Gasteiger partial charge on any atom is -0.452 e. The van der Waals surface area contributed by atoms with E-state index in [9.17, 15) is 4.79 Å². The Morgan fingerprint density at radius 3 is 2.46 bits per heavy atom.